The number of rotatable bonds is 10. The first kappa shape index (κ1) is 24.3. The highest BCUT2D eigenvalue weighted by atomic mass is 16.5. The summed E-state index contributed by atoms with van der Waals surface area (Å²) >= 11 is 0. The Bertz CT molecular complexity index is 960. The van der Waals surface area contributed by atoms with Crippen LogP contribution >= 0.6 is 0 Å². The first-order chi connectivity index (χ1) is 15.8. The first-order valence-corrected chi connectivity index (χ1v) is 11.0. The van der Waals surface area contributed by atoms with Gasteiger partial charge in [0, 0.05) is 13.0 Å². The Morgan fingerprint density at radius 2 is 1.52 bits per heavy atom. The fourth-order valence-corrected chi connectivity index (χ4v) is 4.10. The van der Waals surface area contributed by atoms with Crippen molar-refractivity contribution in [2.45, 2.75) is 38.3 Å². The number of hydrogen-bond acceptors (Lipinski definition) is 5. The number of fused-ring (bicyclic) bond motifs is 3. The van der Waals surface area contributed by atoms with Crippen LogP contribution in [0, 0.1) is 5.92 Å². The zero-order valence-corrected chi connectivity index (χ0v) is 19.0. The highest BCUT2D eigenvalue weighted by Gasteiger charge is 2.31. The molecule has 2 aromatic rings. The van der Waals surface area contributed by atoms with Gasteiger partial charge in [-0.15, -0.1) is 0 Å². The maximum absolute atomic E-state index is 12.6. The molecule has 0 aromatic heterocycles. The summed E-state index contributed by atoms with van der Waals surface area (Å²) in [6.07, 6.45) is -0.504. The Morgan fingerprint density at radius 3 is 2.03 bits per heavy atom. The van der Waals surface area contributed by atoms with E-state index in [1.54, 1.807) is 0 Å². The number of ether oxygens (including phenoxy) is 2. The maximum Gasteiger partial charge on any atom is 0.407 e. The minimum Gasteiger partial charge on any atom is -0.480 e. The van der Waals surface area contributed by atoms with E-state index in [2.05, 4.69) is 10.6 Å². The molecule has 0 fully saturated rings. The molecule has 0 bridgehead atoms. The predicted molar refractivity (Wildman–Crippen MR) is 123 cm³/mol. The summed E-state index contributed by atoms with van der Waals surface area (Å²) in [5.41, 5.74) is 4.39. The Balaban J connectivity index is 1.64. The van der Waals surface area contributed by atoms with Crippen molar-refractivity contribution in [2.75, 3.05) is 20.3 Å². The number of hydrogen-bond donors (Lipinski definition) is 3. The SMILES string of the molecule is COCC(NC(=O)OCC1c2ccccc2-c2ccccc21)C(=O)N[C@H](CC(C)C)C(=O)O. The van der Waals surface area contributed by atoms with Gasteiger partial charge >= 0.3 is 12.1 Å². The number of alkyl carbamates (subject to hydrolysis) is 1. The van der Waals surface area contributed by atoms with E-state index in [-0.39, 0.29) is 31.5 Å². The summed E-state index contributed by atoms with van der Waals surface area (Å²) in [5, 5.41) is 14.3. The Kier molecular flexibility index (Phi) is 8.06. The van der Waals surface area contributed by atoms with Gasteiger partial charge in [0.15, 0.2) is 0 Å². The molecular weight excluding hydrogens is 424 g/mol. The third-order valence-electron chi connectivity index (χ3n) is 5.61. The average Bonchev–Trinajstić information content (AvgIpc) is 3.10. The summed E-state index contributed by atoms with van der Waals surface area (Å²) in [6, 6.07) is 13.8. The second-order valence-electron chi connectivity index (χ2n) is 8.51. The average molecular weight is 455 g/mol. The van der Waals surface area contributed by atoms with Crippen LogP contribution in [-0.4, -0.2) is 55.5 Å². The van der Waals surface area contributed by atoms with Crippen LogP contribution in [-0.2, 0) is 19.1 Å². The maximum atomic E-state index is 12.6. The molecule has 0 spiro atoms. The smallest absolute Gasteiger partial charge is 0.407 e. The van der Waals surface area contributed by atoms with Crippen LogP contribution in [0.1, 0.15) is 37.3 Å². The molecule has 2 aromatic carbocycles. The van der Waals surface area contributed by atoms with Crippen LogP contribution in [0.25, 0.3) is 11.1 Å². The van der Waals surface area contributed by atoms with E-state index in [1.807, 2.05) is 62.4 Å². The number of carboxylic acids is 1. The number of amides is 2. The van der Waals surface area contributed by atoms with Gasteiger partial charge in [0.1, 0.15) is 18.7 Å². The Morgan fingerprint density at radius 1 is 0.939 bits per heavy atom. The number of carbonyl (C=O) groups is 3. The van der Waals surface area contributed by atoms with Crippen LogP contribution in [0.5, 0.6) is 0 Å². The van der Waals surface area contributed by atoms with Crippen LogP contribution < -0.4 is 10.6 Å². The molecule has 8 heteroatoms. The molecule has 3 rings (SSSR count). The molecule has 0 saturated carbocycles. The topological polar surface area (TPSA) is 114 Å². The van der Waals surface area contributed by atoms with E-state index in [9.17, 15) is 19.5 Å². The lowest BCUT2D eigenvalue weighted by atomic mass is 9.98. The molecular formula is C25H30N2O6. The van der Waals surface area contributed by atoms with Gasteiger partial charge in [-0.25, -0.2) is 9.59 Å². The standard InChI is InChI=1S/C25H30N2O6/c1-15(2)12-21(24(29)30)26-23(28)22(14-32-3)27-25(31)33-13-20-18-10-6-4-8-16(18)17-9-5-7-11-19(17)20/h4-11,15,20-22H,12-14H2,1-3H3,(H,26,28)(H,27,31)(H,29,30)/t21-,22?/m1/s1. The lowest BCUT2D eigenvalue weighted by Crippen LogP contribution is -2.53. The molecule has 2 atom stereocenters. The zero-order chi connectivity index (χ0) is 24.0. The second-order valence-corrected chi connectivity index (χ2v) is 8.51. The molecule has 0 radical (unpaired) electrons. The van der Waals surface area contributed by atoms with Crippen LogP contribution in [0.15, 0.2) is 48.5 Å². The van der Waals surface area contributed by atoms with E-state index < -0.39 is 30.1 Å². The molecule has 1 aliphatic rings. The van der Waals surface area contributed by atoms with Gasteiger partial charge in [-0.05, 0) is 34.6 Å². The molecule has 8 nitrogen and oxygen atoms in total. The van der Waals surface area contributed by atoms with Crippen molar-refractivity contribution in [3.05, 3.63) is 59.7 Å². The monoisotopic (exact) mass is 454 g/mol. The molecule has 0 heterocycles. The fraction of sp³-hybridized carbons (Fsp3) is 0.400. The third-order valence-corrected chi connectivity index (χ3v) is 5.61. The molecule has 0 saturated heterocycles. The summed E-state index contributed by atoms with van der Waals surface area (Å²) in [6.45, 7) is 3.71. The van der Waals surface area contributed by atoms with Crippen molar-refractivity contribution in [3.8, 4) is 11.1 Å². The number of methoxy groups -OCH3 is 1. The summed E-state index contributed by atoms with van der Waals surface area (Å²) in [4.78, 5) is 36.6. The van der Waals surface area contributed by atoms with Gasteiger partial charge in [-0.2, -0.15) is 0 Å². The quantitative estimate of drug-likeness (QED) is 0.508. The van der Waals surface area contributed by atoms with Crippen molar-refractivity contribution < 1.29 is 29.0 Å². The minimum absolute atomic E-state index is 0.0716. The van der Waals surface area contributed by atoms with Crippen LogP contribution in [0.3, 0.4) is 0 Å². The number of carbonyl (C=O) groups excluding carboxylic acids is 2. The number of carboxylic acid groups (broad SMARTS) is 1. The molecule has 176 valence electrons. The molecule has 3 N–H and O–H groups in total. The van der Waals surface area contributed by atoms with E-state index in [0.29, 0.717) is 0 Å². The van der Waals surface area contributed by atoms with Crippen molar-refractivity contribution in [1.82, 2.24) is 10.6 Å². The summed E-state index contributed by atoms with van der Waals surface area (Å²) in [5.74, 6) is -1.81. The molecule has 33 heavy (non-hydrogen) atoms. The van der Waals surface area contributed by atoms with Gasteiger partial charge < -0.3 is 25.2 Å². The molecule has 1 aliphatic carbocycles. The van der Waals surface area contributed by atoms with Crippen LogP contribution in [0.2, 0.25) is 0 Å². The van der Waals surface area contributed by atoms with Crippen molar-refractivity contribution in [3.63, 3.8) is 0 Å². The minimum atomic E-state index is -1.13. The fourth-order valence-electron chi connectivity index (χ4n) is 4.10. The summed E-state index contributed by atoms with van der Waals surface area (Å²) in [7, 11) is 1.39. The van der Waals surface area contributed by atoms with Crippen molar-refractivity contribution in [1.29, 1.82) is 0 Å². The largest absolute Gasteiger partial charge is 0.480 e. The van der Waals surface area contributed by atoms with E-state index >= 15 is 0 Å². The van der Waals surface area contributed by atoms with Gasteiger partial charge in [-0.1, -0.05) is 62.4 Å². The van der Waals surface area contributed by atoms with Gasteiger partial charge in [0.25, 0.3) is 0 Å². The third kappa shape index (κ3) is 5.90. The number of aliphatic carboxylic acids is 1. The van der Waals surface area contributed by atoms with Crippen LogP contribution in [0.4, 0.5) is 4.79 Å². The zero-order valence-electron chi connectivity index (χ0n) is 19.0. The van der Waals surface area contributed by atoms with Crippen molar-refractivity contribution >= 4 is 18.0 Å². The molecule has 2 amide bonds. The predicted octanol–water partition coefficient (Wildman–Crippen LogP) is 3.16. The normalized spacial score (nSPS) is 14.2. The lowest BCUT2D eigenvalue weighted by Gasteiger charge is -2.22. The Hall–Kier alpha value is -3.39. The number of nitrogens with one attached hydrogen (secondary N) is 2. The van der Waals surface area contributed by atoms with Gasteiger partial charge in [0.05, 0.1) is 6.61 Å². The van der Waals surface area contributed by atoms with E-state index in [0.717, 1.165) is 22.3 Å². The molecule has 0 aliphatic heterocycles. The lowest BCUT2D eigenvalue weighted by molar-refractivity contribution is -0.142. The van der Waals surface area contributed by atoms with Crippen molar-refractivity contribution in [2.24, 2.45) is 5.92 Å². The number of benzene rings is 2. The first-order valence-electron chi connectivity index (χ1n) is 11.0. The Labute approximate surface area is 193 Å². The van der Waals surface area contributed by atoms with E-state index in [1.165, 1.54) is 7.11 Å². The highest BCUT2D eigenvalue weighted by molar-refractivity contribution is 5.89. The van der Waals surface area contributed by atoms with Gasteiger partial charge in [0.2, 0.25) is 5.91 Å². The summed E-state index contributed by atoms with van der Waals surface area (Å²) < 4.78 is 10.5. The van der Waals surface area contributed by atoms with Gasteiger partial charge in [-0.3, -0.25) is 4.79 Å². The molecule has 1 unspecified atom stereocenters. The van der Waals surface area contributed by atoms with E-state index in [4.69, 9.17) is 9.47 Å². The highest BCUT2D eigenvalue weighted by Crippen LogP contribution is 2.44. The second kappa shape index (κ2) is 11.0.